The van der Waals surface area contributed by atoms with Gasteiger partial charge in [-0.2, -0.15) is 0 Å². The van der Waals surface area contributed by atoms with Crippen LogP contribution in [0.3, 0.4) is 0 Å². The van der Waals surface area contributed by atoms with E-state index in [1.807, 2.05) is 31.2 Å². The molecule has 2 aromatic rings. The van der Waals surface area contributed by atoms with Crippen molar-refractivity contribution in [1.29, 1.82) is 0 Å². The fourth-order valence-electron chi connectivity index (χ4n) is 1.55. The lowest BCUT2D eigenvalue weighted by molar-refractivity contribution is 0.103. The second kappa shape index (κ2) is 4.50. The predicted molar refractivity (Wildman–Crippen MR) is 66.1 cm³/mol. The van der Waals surface area contributed by atoms with E-state index in [0.29, 0.717) is 16.1 Å². The van der Waals surface area contributed by atoms with Gasteiger partial charge in [0.2, 0.25) is 0 Å². The maximum atomic E-state index is 12.1. The standard InChI is InChI=1S/C14H11ClO/c1-10-3-2-4-12(9-10)14(16)11-5-7-13(15)8-6-11/h2-9H,1H3. The van der Waals surface area contributed by atoms with Crippen LogP contribution in [0.1, 0.15) is 21.5 Å². The number of ketones is 1. The Hall–Kier alpha value is -1.60. The molecular weight excluding hydrogens is 220 g/mol. The summed E-state index contributed by atoms with van der Waals surface area (Å²) in [5, 5.41) is 0.640. The smallest absolute Gasteiger partial charge is 0.193 e. The van der Waals surface area contributed by atoms with E-state index in [4.69, 9.17) is 11.6 Å². The first kappa shape index (κ1) is 10.9. The first-order valence-corrected chi connectivity index (χ1v) is 5.41. The zero-order valence-corrected chi connectivity index (χ0v) is 9.66. The van der Waals surface area contributed by atoms with Crippen LogP contribution in [0, 0.1) is 6.92 Å². The van der Waals surface area contributed by atoms with E-state index >= 15 is 0 Å². The van der Waals surface area contributed by atoms with E-state index in [-0.39, 0.29) is 5.78 Å². The van der Waals surface area contributed by atoms with Crippen LogP contribution in [0.4, 0.5) is 0 Å². The molecule has 80 valence electrons. The summed E-state index contributed by atoms with van der Waals surface area (Å²) in [6.45, 7) is 1.97. The number of carbonyl (C=O) groups excluding carboxylic acids is 1. The lowest BCUT2D eigenvalue weighted by Crippen LogP contribution is -2.00. The molecule has 0 aliphatic carbocycles. The molecule has 0 heterocycles. The van der Waals surface area contributed by atoms with Crippen LogP contribution in [0.5, 0.6) is 0 Å². The number of hydrogen-bond acceptors (Lipinski definition) is 1. The summed E-state index contributed by atoms with van der Waals surface area (Å²) in [7, 11) is 0. The zero-order valence-electron chi connectivity index (χ0n) is 8.91. The van der Waals surface area contributed by atoms with Gasteiger partial charge >= 0.3 is 0 Å². The predicted octanol–water partition coefficient (Wildman–Crippen LogP) is 3.88. The molecule has 0 atom stereocenters. The zero-order chi connectivity index (χ0) is 11.5. The molecule has 2 rings (SSSR count). The first-order valence-electron chi connectivity index (χ1n) is 5.04. The maximum absolute atomic E-state index is 12.1. The highest BCUT2D eigenvalue weighted by Gasteiger charge is 2.08. The van der Waals surface area contributed by atoms with Gasteiger partial charge in [-0.1, -0.05) is 35.4 Å². The van der Waals surface area contributed by atoms with Crippen LogP contribution in [0.25, 0.3) is 0 Å². The molecule has 0 N–H and O–H groups in total. The van der Waals surface area contributed by atoms with Crippen molar-refractivity contribution in [2.24, 2.45) is 0 Å². The molecule has 0 aliphatic rings. The fourth-order valence-corrected chi connectivity index (χ4v) is 1.68. The van der Waals surface area contributed by atoms with Crippen LogP contribution < -0.4 is 0 Å². The van der Waals surface area contributed by atoms with Gasteiger partial charge in [0, 0.05) is 16.1 Å². The second-order valence-corrected chi connectivity index (χ2v) is 4.14. The number of carbonyl (C=O) groups is 1. The van der Waals surface area contributed by atoms with Crippen molar-refractivity contribution < 1.29 is 4.79 Å². The maximum Gasteiger partial charge on any atom is 0.193 e. The summed E-state index contributed by atoms with van der Waals surface area (Å²) in [5.41, 5.74) is 2.46. The molecule has 16 heavy (non-hydrogen) atoms. The molecular formula is C14H11ClO. The summed E-state index contributed by atoms with van der Waals surface area (Å²) in [6, 6.07) is 14.5. The number of rotatable bonds is 2. The van der Waals surface area contributed by atoms with Crippen molar-refractivity contribution >= 4 is 17.4 Å². The molecule has 0 saturated heterocycles. The Morgan fingerprint density at radius 1 is 1.00 bits per heavy atom. The Morgan fingerprint density at radius 2 is 1.69 bits per heavy atom. The van der Waals surface area contributed by atoms with Gasteiger partial charge in [-0.3, -0.25) is 4.79 Å². The largest absolute Gasteiger partial charge is 0.289 e. The molecule has 0 radical (unpaired) electrons. The van der Waals surface area contributed by atoms with Gasteiger partial charge in [0.05, 0.1) is 0 Å². The van der Waals surface area contributed by atoms with Gasteiger partial charge in [0.25, 0.3) is 0 Å². The summed E-state index contributed by atoms with van der Waals surface area (Å²) >= 11 is 5.78. The third kappa shape index (κ3) is 2.31. The van der Waals surface area contributed by atoms with Crippen LogP contribution in [-0.4, -0.2) is 5.78 Å². The number of hydrogen-bond donors (Lipinski definition) is 0. The van der Waals surface area contributed by atoms with Gasteiger partial charge in [-0.05, 0) is 37.3 Å². The third-order valence-corrected chi connectivity index (χ3v) is 2.64. The Morgan fingerprint density at radius 3 is 2.31 bits per heavy atom. The van der Waals surface area contributed by atoms with E-state index in [1.165, 1.54) is 0 Å². The average Bonchev–Trinajstić information content (AvgIpc) is 2.29. The quantitative estimate of drug-likeness (QED) is 0.716. The van der Waals surface area contributed by atoms with Gasteiger partial charge in [0.1, 0.15) is 0 Å². The number of benzene rings is 2. The Kier molecular flexibility index (Phi) is 3.07. The summed E-state index contributed by atoms with van der Waals surface area (Å²) in [4.78, 5) is 12.1. The summed E-state index contributed by atoms with van der Waals surface area (Å²) in [5.74, 6) is 0.0281. The first-order chi connectivity index (χ1) is 7.66. The molecule has 1 nitrogen and oxygen atoms in total. The van der Waals surface area contributed by atoms with E-state index in [2.05, 4.69) is 0 Å². The minimum absolute atomic E-state index is 0.0281. The Bertz CT molecular complexity index is 515. The minimum Gasteiger partial charge on any atom is -0.289 e. The van der Waals surface area contributed by atoms with Gasteiger partial charge in [0.15, 0.2) is 5.78 Å². The van der Waals surface area contributed by atoms with Crippen LogP contribution in [-0.2, 0) is 0 Å². The third-order valence-electron chi connectivity index (χ3n) is 2.39. The van der Waals surface area contributed by atoms with Crippen LogP contribution in [0.15, 0.2) is 48.5 Å². The van der Waals surface area contributed by atoms with Crippen molar-refractivity contribution in [2.75, 3.05) is 0 Å². The summed E-state index contributed by atoms with van der Waals surface area (Å²) in [6.07, 6.45) is 0. The fraction of sp³-hybridized carbons (Fsp3) is 0.0714. The minimum atomic E-state index is 0.0281. The molecule has 0 aromatic heterocycles. The van der Waals surface area contributed by atoms with Gasteiger partial charge < -0.3 is 0 Å². The molecule has 0 aliphatic heterocycles. The van der Waals surface area contributed by atoms with Crippen molar-refractivity contribution in [3.63, 3.8) is 0 Å². The normalized spacial score (nSPS) is 10.1. The lowest BCUT2D eigenvalue weighted by Gasteiger charge is -2.02. The van der Waals surface area contributed by atoms with Gasteiger partial charge in [-0.25, -0.2) is 0 Å². The molecule has 0 saturated carbocycles. The molecule has 0 amide bonds. The van der Waals surface area contributed by atoms with Crippen molar-refractivity contribution in [3.05, 3.63) is 70.2 Å². The van der Waals surface area contributed by atoms with E-state index in [1.54, 1.807) is 24.3 Å². The lowest BCUT2D eigenvalue weighted by atomic mass is 10.0. The topological polar surface area (TPSA) is 17.1 Å². The highest BCUT2D eigenvalue weighted by molar-refractivity contribution is 6.30. The highest BCUT2D eigenvalue weighted by atomic mass is 35.5. The SMILES string of the molecule is Cc1cccc(C(=O)c2ccc(Cl)cc2)c1. The molecule has 0 bridgehead atoms. The van der Waals surface area contributed by atoms with E-state index in [0.717, 1.165) is 5.56 Å². The molecule has 2 heteroatoms. The van der Waals surface area contributed by atoms with Gasteiger partial charge in [-0.15, -0.1) is 0 Å². The monoisotopic (exact) mass is 230 g/mol. The van der Waals surface area contributed by atoms with Crippen molar-refractivity contribution in [3.8, 4) is 0 Å². The van der Waals surface area contributed by atoms with Crippen LogP contribution in [0.2, 0.25) is 5.02 Å². The molecule has 0 unspecified atom stereocenters. The van der Waals surface area contributed by atoms with E-state index in [9.17, 15) is 4.79 Å². The Balaban J connectivity index is 2.35. The average molecular weight is 231 g/mol. The molecule has 2 aromatic carbocycles. The highest BCUT2D eigenvalue weighted by Crippen LogP contribution is 2.14. The number of halogens is 1. The summed E-state index contributed by atoms with van der Waals surface area (Å²) < 4.78 is 0. The van der Waals surface area contributed by atoms with Crippen molar-refractivity contribution in [1.82, 2.24) is 0 Å². The Labute approximate surface area is 99.7 Å². The van der Waals surface area contributed by atoms with Crippen molar-refractivity contribution in [2.45, 2.75) is 6.92 Å². The second-order valence-electron chi connectivity index (χ2n) is 3.71. The van der Waals surface area contributed by atoms with E-state index < -0.39 is 0 Å². The molecule has 0 spiro atoms. The van der Waals surface area contributed by atoms with Crippen LogP contribution >= 0.6 is 11.6 Å². The number of aryl methyl sites for hydroxylation is 1. The molecule has 0 fully saturated rings.